The molecule has 1 aromatic heterocycles. The van der Waals surface area contributed by atoms with Gasteiger partial charge in [-0.05, 0) is 48.6 Å². The highest BCUT2D eigenvalue weighted by atomic mass is 16.5. The van der Waals surface area contributed by atoms with Gasteiger partial charge in [-0.15, -0.1) is 0 Å². The first-order valence-corrected chi connectivity index (χ1v) is 12.4. The van der Waals surface area contributed by atoms with Crippen LogP contribution in [0.2, 0.25) is 0 Å². The van der Waals surface area contributed by atoms with Crippen LogP contribution in [0.1, 0.15) is 28.4 Å². The van der Waals surface area contributed by atoms with E-state index in [0.717, 1.165) is 5.56 Å². The highest BCUT2D eigenvalue weighted by Crippen LogP contribution is 2.40. The largest absolute Gasteiger partial charge is 0.493 e. The van der Waals surface area contributed by atoms with E-state index in [1.165, 1.54) is 27.5 Å². The Balaban J connectivity index is 1.75. The maximum Gasteiger partial charge on any atom is 0.241 e. The molecule has 0 spiro atoms. The number of carbonyl (C=O) groups excluding carboxylic acids is 2. The molecule has 0 fully saturated rings. The van der Waals surface area contributed by atoms with Crippen LogP contribution in [0.3, 0.4) is 0 Å². The number of ether oxygens (including phenoxy) is 4. The third kappa shape index (κ3) is 5.78. The molecule has 0 aliphatic rings. The van der Waals surface area contributed by atoms with Gasteiger partial charge in [0.2, 0.25) is 11.7 Å². The van der Waals surface area contributed by atoms with Crippen LogP contribution in [0.25, 0.3) is 10.8 Å². The quantitative estimate of drug-likeness (QED) is 0.274. The summed E-state index contributed by atoms with van der Waals surface area (Å²) in [6.07, 6.45) is 3.44. The number of benzene rings is 3. The van der Waals surface area contributed by atoms with E-state index in [9.17, 15) is 9.59 Å². The molecule has 0 bridgehead atoms. The maximum atomic E-state index is 13.7. The molecule has 0 saturated carbocycles. The van der Waals surface area contributed by atoms with E-state index < -0.39 is 6.04 Å². The summed E-state index contributed by atoms with van der Waals surface area (Å²) in [7, 11) is 4.46. The van der Waals surface area contributed by atoms with Gasteiger partial charge in [0.15, 0.2) is 17.3 Å². The fraction of sp³-hybridized carbons (Fsp3) is 0.233. The third-order valence-corrected chi connectivity index (χ3v) is 6.26. The number of ketones is 1. The number of nitrogens with zero attached hydrogens (tertiary/aromatic N) is 1. The van der Waals surface area contributed by atoms with Gasteiger partial charge in [-0.3, -0.25) is 14.6 Å². The molecule has 1 unspecified atom stereocenters. The summed E-state index contributed by atoms with van der Waals surface area (Å²) in [6.45, 7) is 2.22. The van der Waals surface area contributed by atoms with E-state index in [1.807, 2.05) is 37.3 Å². The number of carbonyl (C=O) groups is 2. The molecule has 1 heterocycles. The lowest BCUT2D eigenvalue weighted by atomic mass is 9.97. The van der Waals surface area contributed by atoms with Crippen LogP contribution >= 0.6 is 0 Å². The van der Waals surface area contributed by atoms with E-state index in [4.69, 9.17) is 24.7 Å². The van der Waals surface area contributed by atoms with E-state index in [0.29, 0.717) is 63.6 Å². The molecule has 3 N–H and O–H groups in total. The second-order valence-electron chi connectivity index (χ2n) is 8.68. The number of pyridine rings is 1. The molecule has 1 amide bonds. The van der Waals surface area contributed by atoms with Crippen LogP contribution in [-0.2, 0) is 11.2 Å². The normalized spacial score (nSPS) is 11.5. The first-order chi connectivity index (χ1) is 18.9. The van der Waals surface area contributed by atoms with Gasteiger partial charge < -0.3 is 30.0 Å². The fourth-order valence-corrected chi connectivity index (χ4v) is 4.35. The number of methoxy groups -OCH3 is 3. The summed E-state index contributed by atoms with van der Waals surface area (Å²) >= 11 is 0. The van der Waals surface area contributed by atoms with Crippen molar-refractivity contribution < 1.29 is 28.5 Å². The Hall–Kier alpha value is -4.63. The molecule has 3 aromatic carbocycles. The topological polar surface area (TPSA) is 122 Å². The zero-order valence-electron chi connectivity index (χ0n) is 22.3. The smallest absolute Gasteiger partial charge is 0.241 e. The van der Waals surface area contributed by atoms with Gasteiger partial charge in [-0.2, -0.15) is 0 Å². The van der Waals surface area contributed by atoms with Crippen molar-refractivity contribution in [3.63, 3.8) is 0 Å². The zero-order chi connectivity index (χ0) is 27.9. The average Bonchev–Trinajstić information content (AvgIpc) is 2.97. The molecule has 9 heteroatoms. The van der Waals surface area contributed by atoms with Crippen molar-refractivity contribution in [2.45, 2.75) is 19.4 Å². The lowest BCUT2D eigenvalue weighted by molar-refractivity contribution is -0.117. The number of hydrogen-bond donors (Lipinski definition) is 2. The van der Waals surface area contributed by atoms with Gasteiger partial charge in [0, 0.05) is 28.9 Å². The Bertz CT molecular complexity index is 1460. The van der Waals surface area contributed by atoms with Crippen LogP contribution < -0.4 is 30.0 Å². The van der Waals surface area contributed by atoms with Crippen molar-refractivity contribution in [2.24, 2.45) is 5.73 Å². The second-order valence-corrected chi connectivity index (χ2v) is 8.68. The first-order valence-electron chi connectivity index (χ1n) is 12.4. The van der Waals surface area contributed by atoms with Gasteiger partial charge in [-0.25, -0.2) is 0 Å². The molecule has 0 saturated heterocycles. The molecule has 0 aliphatic carbocycles. The van der Waals surface area contributed by atoms with Gasteiger partial charge >= 0.3 is 0 Å². The van der Waals surface area contributed by atoms with E-state index >= 15 is 0 Å². The van der Waals surface area contributed by atoms with Crippen molar-refractivity contribution in [2.75, 3.05) is 33.3 Å². The minimum absolute atomic E-state index is 0.311. The van der Waals surface area contributed by atoms with Crippen molar-refractivity contribution in [1.29, 1.82) is 0 Å². The number of hydrogen-bond acceptors (Lipinski definition) is 8. The van der Waals surface area contributed by atoms with Crippen LogP contribution in [0.5, 0.6) is 23.0 Å². The van der Waals surface area contributed by atoms with Crippen molar-refractivity contribution in [3.05, 3.63) is 83.7 Å². The number of nitrogens with two attached hydrogens (primary N) is 1. The molecule has 39 heavy (non-hydrogen) atoms. The van der Waals surface area contributed by atoms with Crippen molar-refractivity contribution in [3.8, 4) is 23.0 Å². The summed E-state index contributed by atoms with van der Waals surface area (Å²) in [5.41, 5.74) is 8.24. The predicted molar refractivity (Wildman–Crippen MR) is 149 cm³/mol. The number of aromatic nitrogens is 1. The Morgan fingerprint density at radius 2 is 1.59 bits per heavy atom. The second kappa shape index (κ2) is 12.3. The Morgan fingerprint density at radius 1 is 0.897 bits per heavy atom. The summed E-state index contributed by atoms with van der Waals surface area (Å²) in [5.74, 6) is 0.846. The maximum absolute atomic E-state index is 13.7. The molecule has 4 rings (SSSR count). The van der Waals surface area contributed by atoms with Gasteiger partial charge in [0.05, 0.1) is 39.7 Å². The van der Waals surface area contributed by atoms with E-state index in [-0.39, 0.29) is 11.7 Å². The summed E-state index contributed by atoms with van der Waals surface area (Å²) < 4.78 is 22.0. The molecule has 9 nitrogen and oxygen atoms in total. The summed E-state index contributed by atoms with van der Waals surface area (Å²) in [4.78, 5) is 31.2. The SMILES string of the molecule is CCOc1ccc2c(C(=O)c3cc(OC)c(OC)c(OC)c3)cncc2c1NC(=O)C(N)Cc1ccccc1. The zero-order valence-corrected chi connectivity index (χ0v) is 22.3. The molecule has 0 aliphatic heterocycles. The minimum Gasteiger partial charge on any atom is -0.493 e. The van der Waals surface area contributed by atoms with Crippen LogP contribution in [0.15, 0.2) is 67.0 Å². The van der Waals surface area contributed by atoms with E-state index in [2.05, 4.69) is 10.3 Å². The molecule has 0 radical (unpaired) electrons. The number of nitrogens with one attached hydrogen (secondary N) is 1. The monoisotopic (exact) mass is 529 g/mol. The fourth-order valence-electron chi connectivity index (χ4n) is 4.35. The summed E-state index contributed by atoms with van der Waals surface area (Å²) in [6, 6.07) is 15.4. The van der Waals surface area contributed by atoms with Gasteiger partial charge in [0.1, 0.15) is 5.75 Å². The number of rotatable bonds is 11. The van der Waals surface area contributed by atoms with Crippen LogP contribution in [0.4, 0.5) is 5.69 Å². The van der Waals surface area contributed by atoms with Gasteiger partial charge in [-0.1, -0.05) is 30.3 Å². The lowest BCUT2D eigenvalue weighted by Crippen LogP contribution is -2.37. The predicted octanol–water partition coefficient (Wildman–Crippen LogP) is 4.40. The number of anilines is 1. The highest BCUT2D eigenvalue weighted by molar-refractivity contribution is 6.19. The van der Waals surface area contributed by atoms with Gasteiger partial charge in [0.25, 0.3) is 0 Å². The summed E-state index contributed by atoms with van der Waals surface area (Å²) in [5, 5.41) is 4.04. The van der Waals surface area contributed by atoms with Crippen LogP contribution in [-0.4, -0.2) is 50.7 Å². The number of amides is 1. The molecule has 4 aromatic rings. The highest BCUT2D eigenvalue weighted by Gasteiger charge is 2.23. The van der Waals surface area contributed by atoms with Crippen LogP contribution in [0, 0.1) is 0 Å². The standard InChI is InChI=1S/C30H31N3O6/c1-5-39-24-12-11-20-21(27(24)33-30(35)23(31)13-18-9-7-6-8-10-18)16-32-17-22(20)28(34)19-14-25(36-2)29(38-4)26(15-19)37-3/h6-12,14-17,23H,5,13,31H2,1-4H3,(H,33,35). The van der Waals surface area contributed by atoms with Crippen molar-refractivity contribution >= 4 is 28.2 Å². The minimum atomic E-state index is -0.797. The molecule has 1 atom stereocenters. The first kappa shape index (κ1) is 27.4. The molecule has 202 valence electrons. The lowest BCUT2D eigenvalue weighted by Gasteiger charge is -2.18. The Morgan fingerprint density at radius 3 is 2.21 bits per heavy atom. The Labute approximate surface area is 226 Å². The average molecular weight is 530 g/mol. The number of fused-ring (bicyclic) bond motifs is 1. The third-order valence-electron chi connectivity index (χ3n) is 6.26. The molecular formula is C30H31N3O6. The van der Waals surface area contributed by atoms with E-state index in [1.54, 1.807) is 30.5 Å². The van der Waals surface area contributed by atoms with Crippen molar-refractivity contribution in [1.82, 2.24) is 4.98 Å². The molecular weight excluding hydrogens is 498 g/mol. The Kier molecular flexibility index (Phi) is 8.63.